The van der Waals surface area contributed by atoms with E-state index < -0.39 is 17.8 Å². The number of halogens is 4. The van der Waals surface area contributed by atoms with Crippen molar-refractivity contribution < 1.29 is 27.8 Å². The summed E-state index contributed by atoms with van der Waals surface area (Å²) >= 11 is 0. The molecule has 2 rings (SSSR count). The summed E-state index contributed by atoms with van der Waals surface area (Å²) in [5.41, 5.74) is -0.812. The van der Waals surface area contributed by atoms with E-state index in [1.165, 1.54) is 12.1 Å². The fourth-order valence-corrected chi connectivity index (χ4v) is 2.45. The molecule has 9 heteroatoms. The number of rotatable bonds is 6. The molecule has 2 unspecified atom stereocenters. The monoisotopic (exact) mass is 382 g/mol. The summed E-state index contributed by atoms with van der Waals surface area (Å²) < 4.78 is 43.0. The molecule has 3 N–H and O–H groups in total. The van der Waals surface area contributed by atoms with E-state index in [0.29, 0.717) is 6.54 Å². The summed E-state index contributed by atoms with van der Waals surface area (Å²) in [5, 5.41) is 15.6. The van der Waals surface area contributed by atoms with Gasteiger partial charge >= 0.3 is 6.18 Å². The number of benzene rings is 1. The molecule has 0 saturated carbocycles. The molecule has 5 nitrogen and oxygen atoms in total. The number of amides is 1. The number of alkyl halides is 3. The standard InChI is InChI=1S/C16H21F3N2O3.ClH/c17-16(18,19)12-4-1-5-14(7-12)24-10-13(22)9-21-15(23)11-3-2-6-20-8-11;/h1,4-5,7,11,13,20,22H,2-3,6,8-10H2,(H,21,23);1H. The zero-order valence-electron chi connectivity index (χ0n) is 13.5. The van der Waals surface area contributed by atoms with Crippen LogP contribution in [0.3, 0.4) is 0 Å². The van der Waals surface area contributed by atoms with Gasteiger partial charge in [-0.3, -0.25) is 4.79 Å². The SMILES string of the molecule is Cl.O=C(NCC(O)COc1cccc(C(F)(F)F)c1)C1CCCNC1. The van der Waals surface area contributed by atoms with Crippen LogP contribution in [0.5, 0.6) is 5.75 Å². The van der Waals surface area contributed by atoms with Crippen molar-refractivity contribution in [3.05, 3.63) is 29.8 Å². The smallest absolute Gasteiger partial charge is 0.416 e. The van der Waals surface area contributed by atoms with Gasteiger partial charge in [0.05, 0.1) is 11.5 Å². The predicted molar refractivity (Wildman–Crippen MR) is 88.8 cm³/mol. The molecule has 1 saturated heterocycles. The van der Waals surface area contributed by atoms with Crippen molar-refractivity contribution in [3.63, 3.8) is 0 Å². The van der Waals surface area contributed by atoms with E-state index in [1.807, 2.05) is 0 Å². The van der Waals surface area contributed by atoms with Crippen LogP contribution in [0, 0.1) is 5.92 Å². The summed E-state index contributed by atoms with van der Waals surface area (Å²) in [4.78, 5) is 11.9. The normalized spacial score (nSPS) is 18.8. The Morgan fingerprint density at radius 1 is 1.44 bits per heavy atom. The molecule has 1 aliphatic heterocycles. The van der Waals surface area contributed by atoms with Gasteiger partial charge in [-0.15, -0.1) is 12.4 Å². The van der Waals surface area contributed by atoms with Crippen molar-refractivity contribution in [2.75, 3.05) is 26.2 Å². The number of carbonyl (C=O) groups is 1. The van der Waals surface area contributed by atoms with E-state index in [2.05, 4.69) is 10.6 Å². The number of ether oxygens (including phenoxy) is 1. The molecule has 142 valence electrons. The van der Waals surface area contributed by atoms with Crippen LogP contribution in [-0.2, 0) is 11.0 Å². The zero-order chi connectivity index (χ0) is 17.6. The van der Waals surface area contributed by atoms with Crippen LogP contribution in [-0.4, -0.2) is 43.4 Å². The molecule has 0 bridgehead atoms. The zero-order valence-corrected chi connectivity index (χ0v) is 14.3. The lowest BCUT2D eigenvalue weighted by Gasteiger charge is -2.22. The molecule has 0 radical (unpaired) electrons. The maximum Gasteiger partial charge on any atom is 0.416 e. The first-order chi connectivity index (χ1) is 11.4. The van der Waals surface area contributed by atoms with E-state index in [0.717, 1.165) is 31.5 Å². The third kappa shape index (κ3) is 7.09. The molecule has 0 spiro atoms. The number of aliphatic hydroxyl groups is 1. The maximum atomic E-state index is 12.6. The molecule has 1 aliphatic rings. The van der Waals surface area contributed by atoms with Crippen LogP contribution >= 0.6 is 12.4 Å². The van der Waals surface area contributed by atoms with Crippen molar-refractivity contribution in [1.82, 2.24) is 10.6 Å². The molecule has 1 amide bonds. The fraction of sp³-hybridized carbons (Fsp3) is 0.562. The fourth-order valence-electron chi connectivity index (χ4n) is 2.45. The highest BCUT2D eigenvalue weighted by Crippen LogP contribution is 2.31. The molecule has 1 heterocycles. The Bertz CT molecular complexity index is 552. The van der Waals surface area contributed by atoms with Gasteiger partial charge < -0.3 is 20.5 Å². The van der Waals surface area contributed by atoms with Crippen LogP contribution in [0.1, 0.15) is 18.4 Å². The number of piperidine rings is 1. The number of aliphatic hydroxyl groups excluding tert-OH is 1. The Balaban J connectivity index is 0.00000312. The van der Waals surface area contributed by atoms with Crippen LogP contribution < -0.4 is 15.4 Å². The Labute approximate surface area is 150 Å². The lowest BCUT2D eigenvalue weighted by Crippen LogP contribution is -2.43. The first kappa shape index (κ1) is 21.5. The van der Waals surface area contributed by atoms with E-state index >= 15 is 0 Å². The molecule has 2 atom stereocenters. The Hall–Kier alpha value is -1.51. The minimum atomic E-state index is -4.44. The van der Waals surface area contributed by atoms with E-state index in [-0.39, 0.29) is 43.1 Å². The van der Waals surface area contributed by atoms with Gasteiger partial charge in [0.25, 0.3) is 0 Å². The Morgan fingerprint density at radius 3 is 2.84 bits per heavy atom. The minimum absolute atomic E-state index is 0. The summed E-state index contributed by atoms with van der Waals surface area (Å²) in [6.07, 6.45) is -3.71. The summed E-state index contributed by atoms with van der Waals surface area (Å²) in [7, 11) is 0. The average molecular weight is 383 g/mol. The van der Waals surface area contributed by atoms with Crippen LogP contribution in [0.4, 0.5) is 13.2 Å². The van der Waals surface area contributed by atoms with Crippen molar-refractivity contribution in [2.45, 2.75) is 25.1 Å². The largest absolute Gasteiger partial charge is 0.491 e. The first-order valence-electron chi connectivity index (χ1n) is 7.83. The summed E-state index contributed by atoms with van der Waals surface area (Å²) in [6, 6.07) is 4.44. The summed E-state index contributed by atoms with van der Waals surface area (Å²) in [6.45, 7) is 1.30. The van der Waals surface area contributed by atoms with Gasteiger partial charge in [0.1, 0.15) is 18.5 Å². The minimum Gasteiger partial charge on any atom is -0.491 e. The highest BCUT2D eigenvalue weighted by molar-refractivity contribution is 5.85. The van der Waals surface area contributed by atoms with Gasteiger partial charge in [0.2, 0.25) is 5.91 Å². The van der Waals surface area contributed by atoms with Crippen LogP contribution in [0.25, 0.3) is 0 Å². The lowest BCUT2D eigenvalue weighted by molar-refractivity contribution is -0.137. The van der Waals surface area contributed by atoms with E-state index in [1.54, 1.807) is 0 Å². The topological polar surface area (TPSA) is 70.6 Å². The second-order valence-corrected chi connectivity index (χ2v) is 5.78. The van der Waals surface area contributed by atoms with Gasteiger partial charge in [-0.2, -0.15) is 13.2 Å². The summed E-state index contributed by atoms with van der Waals surface area (Å²) in [5.74, 6) is -0.234. The van der Waals surface area contributed by atoms with Gasteiger partial charge in [0, 0.05) is 13.1 Å². The second-order valence-electron chi connectivity index (χ2n) is 5.78. The molecule has 25 heavy (non-hydrogen) atoms. The van der Waals surface area contributed by atoms with Gasteiger partial charge in [-0.05, 0) is 37.6 Å². The van der Waals surface area contributed by atoms with Crippen LogP contribution in [0.2, 0.25) is 0 Å². The molecule has 1 aromatic rings. The van der Waals surface area contributed by atoms with Gasteiger partial charge in [-0.1, -0.05) is 6.07 Å². The molecule has 1 fully saturated rings. The van der Waals surface area contributed by atoms with Gasteiger partial charge in [0.15, 0.2) is 0 Å². The van der Waals surface area contributed by atoms with Gasteiger partial charge in [-0.25, -0.2) is 0 Å². The lowest BCUT2D eigenvalue weighted by atomic mass is 9.99. The highest BCUT2D eigenvalue weighted by atomic mass is 35.5. The quantitative estimate of drug-likeness (QED) is 0.703. The molecule has 0 aromatic heterocycles. The van der Waals surface area contributed by atoms with E-state index in [4.69, 9.17) is 4.74 Å². The molecule has 1 aromatic carbocycles. The average Bonchev–Trinajstić information content (AvgIpc) is 2.58. The van der Waals surface area contributed by atoms with Crippen molar-refractivity contribution >= 4 is 18.3 Å². The molecular weight excluding hydrogens is 361 g/mol. The highest BCUT2D eigenvalue weighted by Gasteiger charge is 2.30. The van der Waals surface area contributed by atoms with Crippen molar-refractivity contribution in [1.29, 1.82) is 0 Å². The number of hydrogen-bond donors (Lipinski definition) is 3. The number of hydrogen-bond acceptors (Lipinski definition) is 4. The van der Waals surface area contributed by atoms with Crippen molar-refractivity contribution in [3.8, 4) is 5.75 Å². The third-order valence-corrected chi connectivity index (χ3v) is 3.78. The molecule has 0 aliphatic carbocycles. The van der Waals surface area contributed by atoms with Crippen molar-refractivity contribution in [2.24, 2.45) is 5.92 Å². The Morgan fingerprint density at radius 2 is 2.20 bits per heavy atom. The van der Waals surface area contributed by atoms with E-state index in [9.17, 15) is 23.1 Å². The second kappa shape index (κ2) is 9.84. The third-order valence-electron chi connectivity index (χ3n) is 3.78. The predicted octanol–water partition coefficient (Wildman–Crippen LogP) is 1.98. The molecular formula is C16H22ClF3N2O3. The Kier molecular flexibility index (Phi) is 8.47. The number of carbonyl (C=O) groups excluding carboxylic acids is 1. The maximum absolute atomic E-state index is 12.6. The van der Waals surface area contributed by atoms with Crippen LogP contribution in [0.15, 0.2) is 24.3 Å². The first-order valence-corrected chi connectivity index (χ1v) is 7.83. The number of nitrogens with one attached hydrogen (secondary N) is 2.